The van der Waals surface area contributed by atoms with Crippen molar-refractivity contribution in [3.05, 3.63) is 93.9 Å². The van der Waals surface area contributed by atoms with Crippen molar-refractivity contribution in [2.75, 3.05) is 10.6 Å². The summed E-state index contributed by atoms with van der Waals surface area (Å²) in [5.41, 5.74) is 1.82. The molecule has 0 spiro atoms. The molecule has 0 radical (unpaired) electrons. The Kier molecular flexibility index (Phi) is 6.68. The Morgan fingerprint density at radius 1 is 0.821 bits per heavy atom. The highest BCUT2D eigenvalue weighted by molar-refractivity contribution is 9.10. The molecule has 142 valence electrons. The number of hydrogen-bond donors (Lipinski definition) is 3. The standard InChI is InChI=1S/C21H17BrClN3O2/c22-15-8-4-10-17(12-15)24-20(27)19(14-6-2-1-3-7-14)26-21(28)25-18-11-5-9-16(23)13-18/h1-13,19H,(H,24,27)(H2,25,26,28)/t19-/m1/s1. The van der Waals surface area contributed by atoms with Crippen LogP contribution in [-0.4, -0.2) is 11.9 Å². The van der Waals surface area contributed by atoms with Gasteiger partial charge in [0.05, 0.1) is 0 Å². The van der Waals surface area contributed by atoms with Crippen LogP contribution in [0.2, 0.25) is 5.02 Å². The third-order valence-electron chi connectivity index (χ3n) is 3.85. The third-order valence-corrected chi connectivity index (χ3v) is 4.57. The molecule has 0 unspecified atom stereocenters. The van der Waals surface area contributed by atoms with Crippen LogP contribution in [0.3, 0.4) is 0 Å². The minimum Gasteiger partial charge on any atom is -0.324 e. The number of amides is 3. The predicted molar refractivity (Wildman–Crippen MR) is 116 cm³/mol. The maximum absolute atomic E-state index is 12.9. The van der Waals surface area contributed by atoms with Gasteiger partial charge in [0.25, 0.3) is 5.91 Å². The van der Waals surface area contributed by atoms with Crippen molar-refractivity contribution in [3.63, 3.8) is 0 Å². The molecule has 0 saturated carbocycles. The summed E-state index contributed by atoms with van der Waals surface area (Å²) in [6, 6.07) is 21.7. The van der Waals surface area contributed by atoms with E-state index in [1.165, 1.54) is 0 Å². The lowest BCUT2D eigenvalue weighted by Crippen LogP contribution is -2.39. The molecule has 0 bridgehead atoms. The fourth-order valence-corrected chi connectivity index (χ4v) is 3.18. The summed E-state index contributed by atoms with van der Waals surface area (Å²) in [7, 11) is 0. The Morgan fingerprint density at radius 2 is 1.50 bits per heavy atom. The number of nitrogens with one attached hydrogen (secondary N) is 3. The van der Waals surface area contributed by atoms with Crippen molar-refractivity contribution in [2.45, 2.75) is 6.04 Å². The zero-order chi connectivity index (χ0) is 19.9. The highest BCUT2D eigenvalue weighted by Crippen LogP contribution is 2.20. The van der Waals surface area contributed by atoms with Crippen LogP contribution in [0.15, 0.2) is 83.3 Å². The number of halogens is 2. The second-order valence-electron chi connectivity index (χ2n) is 5.95. The third kappa shape index (κ3) is 5.58. The molecule has 3 aromatic carbocycles. The van der Waals surface area contributed by atoms with Gasteiger partial charge in [-0.1, -0.05) is 70.0 Å². The van der Waals surface area contributed by atoms with E-state index in [-0.39, 0.29) is 5.91 Å². The molecule has 0 aliphatic rings. The Bertz CT molecular complexity index is 982. The Labute approximate surface area is 176 Å². The topological polar surface area (TPSA) is 70.2 Å². The van der Waals surface area contributed by atoms with Gasteiger partial charge in [-0.15, -0.1) is 0 Å². The van der Waals surface area contributed by atoms with Crippen LogP contribution >= 0.6 is 27.5 Å². The van der Waals surface area contributed by atoms with E-state index < -0.39 is 12.1 Å². The number of hydrogen-bond acceptors (Lipinski definition) is 2. The number of rotatable bonds is 5. The first-order chi connectivity index (χ1) is 13.5. The first kappa shape index (κ1) is 19.9. The summed E-state index contributed by atoms with van der Waals surface area (Å²) < 4.78 is 0.841. The van der Waals surface area contributed by atoms with Gasteiger partial charge in [0.1, 0.15) is 6.04 Å². The fourth-order valence-electron chi connectivity index (χ4n) is 2.59. The van der Waals surface area contributed by atoms with Crippen LogP contribution in [0, 0.1) is 0 Å². The summed E-state index contributed by atoms with van der Waals surface area (Å²) in [6.07, 6.45) is 0. The monoisotopic (exact) mass is 457 g/mol. The molecule has 0 aliphatic heterocycles. The van der Waals surface area contributed by atoms with Crippen LogP contribution in [0.4, 0.5) is 16.2 Å². The molecule has 0 aromatic heterocycles. The van der Waals surface area contributed by atoms with Crippen molar-refractivity contribution in [1.82, 2.24) is 5.32 Å². The first-order valence-corrected chi connectivity index (χ1v) is 9.63. The van der Waals surface area contributed by atoms with E-state index in [0.717, 1.165) is 4.47 Å². The molecule has 7 heteroatoms. The minimum absolute atomic E-state index is 0.356. The molecule has 5 nitrogen and oxygen atoms in total. The molecule has 1 atom stereocenters. The van der Waals surface area contributed by atoms with E-state index in [9.17, 15) is 9.59 Å². The van der Waals surface area contributed by atoms with Gasteiger partial charge in [0, 0.05) is 20.9 Å². The number of carbonyl (C=O) groups is 2. The zero-order valence-corrected chi connectivity index (χ0v) is 17.0. The molecular formula is C21H17BrClN3O2. The average molecular weight is 459 g/mol. The van der Waals surface area contributed by atoms with E-state index in [0.29, 0.717) is 22.0 Å². The minimum atomic E-state index is -0.876. The number of carbonyl (C=O) groups excluding carboxylic acids is 2. The Hall–Kier alpha value is -2.83. The van der Waals surface area contributed by atoms with Crippen LogP contribution in [0.5, 0.6) is 0 Å². The smallest absolute Gasteiger partial charge is 0.320 e. The molecule has 3 amide bonds. The average Bonchev–Trinajstić information content (AvgIpc) is 2.67. The number of urea groups is 1. The van der Waals surface area contributed by atoms with Gasteiger partial charge >= 0.3 is 6.03 Å². The summed E-state index contributed by atoms with van der Waals surface area (Å²) in [4.78, 5) is 25.3. The van der Waals surface area contributed by atoms with Gasteiger partial charge < -0.3 is 16.0 Å². The first-order valence-electron chi connectivity index (χ1n) is 8.46. The van der Waals surface area contributed by atoms with Crippen molar-refractivity contribution in [2.24, 2.45) is 0 Å². The van der Waals surface area contributed by atoms with Crippen LogP contribution in [0.1, 0.15) is 11.6 Å². The Balaban J connectivity index is 1.77. The maximum atomic E-state index is 12.9. The van der Waals surface area contributed by atoms with Crippen molar-refractivity contribution in [1.29, 1.82) is 0 Å². The summed E-state index contributed by atoms with van der Waals surface area (Å²) in [6.45, 7) is 0. The number of benzene rings is 3. The second-order valence-corrected chi connectivity index (χ2v) is 7.30. The lowest BCUT2D eigenvalue weighted by atomic mass is 10.1. The normalized spacial score (nSPS) is 11.4. The molecule has 28 heavy (non-hydrogen) atoms. The van der Waals surface area contributed by atoms with Gasteiger partial charge in [-0.05, 0) is 42.0 Å². The molecule has 0 aliphatic carbocycles. The zero-order valence-electron chi connectivity index (χ0n) is 14.7. The maximum Gasteiger partial charge on any atom is 0.320 e. The summed E-state index contributed by atoms with van der Waals surface area (Å²) in [5, 5.41) is 8.74. The molecule has 3 aromatic rings. The van der Waals surface area contributed by atoms with E-state index in [2.05, 4.69) is 31.9 Å². The molecule has 3 N–H and O–H groups in total. The summed E-state index contributed by atoms with van der Waals surface area (Å²) >= 11 is 9.32. The molecular weight excluding hydrogens is 442 g/mol. The van der Waals surface area contributed by atoms with Crippen LogP contribution in [-0.2, 0) is 4.79 Å². The quantitative estimate of drug-likeness (QED) is 0.465. The number of anilines is 2. The highest BCUT2D eigenvalue weighted by Gasteiger charge is 2.23. The van der Waals surface area contributed by atoms with Crippen molar-refractivity contribution < 1.29 is 9.59 Å². The fraction of sp³-hybridized carbons (Fsp3) is 0.0476. The van der Waals surface area contributed by atoms with Gasteiger partial charge in [-0.25, -0.2) is 4.79 Å². The lowest BCUT2D eigenvalue weighted by Gasteiger charge is -2.19. The van der Waals surface area contributed by atoms with E-state index in [1.54, 1.807) is 48.5 Å². The molecule has 0 saturated heterocycles. The largest absolute Gasteiger partial charge is 0.324 e. The van der Waals surface area contributed by atoms with Crippen LogP contribution < -0.4 is 16.0 Å². The predicted octanol–water partition coefficient (Wildman–Crippen LogP) is 5.60. The van der Waals surface area contributed by atoms with E-state index in [1.807, 2.05) is 30.3 Å². The highest BCUT2D eigenvalue weighted by atomic mass is 79.9. The molecule has 0 heterocycles. The van der Waals surface area contributed by atoms with Gasteiger partial charge in [0.2, 0.25) is 0 Å². The van der Waals surface area contributed by atoms with E-state index in [4.69, 9.17) is 11.6 Å². The van der Waals surface area contributed by atoms with E-state index >= 15 is 0 Å². The Morgan fingerprint density at radius 3 is 2.18 bits per heavy atom. The molecule has 3 rings (SSSR count). The summed E-state index contributed by atoms with van der Waals surface area (Å²) in [5.74, 6) is -0.356. The second kappa shape index (κ2) is 9.39. The van der Waals surface area contributed by atoms with Crippen molar-refractivity contribution >= 4 is 50.8 Å². The van der Waals surface area contributed by atoms with Crippen molar-refractivity contribution in [3.8, 4) is 0 Å². The van der Waals surface area contributed by atoms with Gasteiger partial charge in [-0.3, -0.25) is 4.79 Å². The van der Waals surface area contributed by atoms with Gasteiger partial charge in [0.15, 0.2) is 0 Å². The van der Waals surface area contributed by atoms with Crippen LogP contribution in [0.25, 0.3) is 0 Å². The molecule has 0 fully saturated rings. The van der Waals surface area contributed by atoms with Gasteiger partial charge in [-0.2, -0.15) is 0 Å². The lowest BCUT2D eigenvalue weighted by molar-refractivity contribution is -0.118. The SMILES string of the molecule is O=C(Nc1cccc(Cl)c1)N[C@@H](C(=O)Nc1cccc(Br)c1)c1ccccc1.